The molecule has 0 unspecified atom stereocenters. The number of esters is 1. The standard InChI is InChI=1S/C18H16N2O3/c1-3-23-18(22)14-11-20(15-9-5-4-7-12(15)2)17-13(16(14)21)8-6-10-19-17/h4-11H,3H2,1-2H3. The van der Waals surface area contributed by atoms with E-state index in [0.717, 1.165) is 11.3 Å². The summed E-state index contributed by atoms with van der Waals surface area (Å²) in [6.07, 6.45) is 3.14. The van der Waals surface area contributed by atoms with Gasteiger partial charge in [-0.3, -0.25) is 9.36 Å². The summed E-state index contributed by atoms with van der Waals surface area (Å²) in [6.45, 7) is 3.89. The van der Waals surface area contributed by atoms with Crippen LogP contribution in [0.25, 0.3) is 16.7 Å². The molecule has 0 amide bonds. The Morgan fingerprint density at radius 3 is 2.74 bits per heavy atom. The molecule has 116 valence electrons. The highest BCUT2D eigenvalue weighted by molar-refractivity contribution is 5.93. The number of carbonyl (C=O) groups excluding carboxylic acids is 1. The third-order valence-electron chi connectivity index (χ3n) is 3.63. The number of pyridine rings is 2. The number of aryl methyl sites for hydroxylation is 1. The van der Waals surface area contributed by atoms with Crippen molar-refractivity contribution in [2.45, 2.75) is 13.8 Å². The molecule has 0 aliphatic carbocycles. The van der Waals surface area contributed by atoms with Crippen molar-refractivity contribution >= 4 is 17.0 Å². The first-order chi connectivity index (χ1) is 11.1. The Kier molecular flexibility index (Phi) is 3.93. The average Bonchev–Trinajstić information content (AvgIpc) is 2.56. The zero-order valence-electron chi connectivity index (χ0n) is 12.9. The summed E-state index contributed by atoms with van der Waals surface area (Å²) in [4.78, 5) is 29.0. The first kappa shape index (κ1) is 15.0. The minimum atomic E-state index is -0.620. The third kappa shape index (κ3) is 2.61. The van der Waals surface area contributed by atoms with E-state index in [1.54, 1.807) is 29.8 Å². The third-order valence-corrected chi connectivity index (χ3v) is 3.63. The Hall–Kier alpha value is -2.95. The highest BCUT2D eigenvalue weighted by Gasteiger charge is 2.18. The van der Waals surface area contributed by atoms with Gasteiger partial charge in [-0.1, -0.05) is 18.2 Å². The summed E-state index contributed by atoms with van der Waals surface area (Å²) in [5.74, 6) is -0.620. The Balaban J connectivity index is 2.37. The quantitative estimate of drug-likeness (QED) is 0.698. The van der Waals surface area contributed by atoms with Crippen LogP contribution in [0.1, 0.15) is 22.8 Å². The molecule has 23 heavy (non-hydrogen) atoms. The molecule has 2 aromatic heterocycles. The van der Waals surface area contributed by atoms with Crippen LogP contribution in [0, 0.1) is 6.92 Å². The zero-order valence-corrected chi connectivity index (χ0v) is 12.9. The summed E-state index contributed by atoms with van der Waals surface area (Å²) < 4.78 is 6.77. The number of hydrogen-bond donors (Lipinski definition) is 0. The van der Waals surface area contributed by atoms with E-state index in [9.17, 15) is 9.59 Å². The van der Waals surface area contributed by atoms with Gasteiger partial charge in [0.25, 0.3) is 0 Å². The number of aromatic nitrogens is 2. The van der Waals surface area contributed by atoms with Gasteiger partial charge in [0.15, 0.2) is 0 Å². The van der Waals surface area contributed by atoms with Gasteiger partial charge in [-0.2, -0.15) is 0 Å². The molecule has 0 aliphatic heterocycles. The van der Waals surface area contributed by atoms with Gasteiger partial charge in [-0.15, -0.1) is 0 Å². The van der Waals surface area contributed by atoms with Crippen LogP contribution in [-0.4, -0.2) is 22.1 Å². The Morgan fingerprint density at radius 1 is 1.22 bits per heavy atom. The summed E-state index contributed by atoms with van der Waals surface area (Å²) in [5.41, 5.74) is 2.03. The molecule has 1 aromatic carbocycles. The van der Waals surface area contributed by atoms with Gasteiger partial charge in [0.2, 0.25) is 5.43 Å². The predicted molar refractivity (Wildman–Crippen MR) is 88.0 cm³/mol. The van der Waals surface area contributed by atoms with Crippen molar-refractivity contribution in [3.63, 3.8) is 0 Å². The fourth-order valence-corrected chi connectivity index (χ4v) is 2.53. The molecule has 2 heterocycles. The smallest absolute Gasteiger partial charge is 0.343 e. The second kappa shape index (κ2) is 6.04. The average molecular weight is 308 g/mol. The van der Waals surface area contributed by atoms with Crippen molar-refractivity contribution in [2.24, 2.45) is 0 Å². The van der Waals surface area contributed by atoms with Crippen LogP contribution in [0.4, 0.5) is 0 Å². The van der Waals surface area contributed by atoms with Gasteiger partial charge in [-0.25, -0.2) is 9.78 Å². The number of benzene rings is 1. The number of para-hydroxylation sites is 1. The minimum absolute atomic E-state index is 0.00982. The molecule has 0 radical (unpaired) electrons. The lowest BCUT2D eigenvalue weighted by Gasteiger charge is -2.14. The Bertz CT molecular complexity index is 944. The minimum Gasteiger partial charge on any atom is -0.462 e. The number of nitrogens with zero attached hydrogens (tertiary/aromatic N) is 2. The van der Waals surface area contributed by atoms with E-state index in [-0.39, 0.29) is 17.6 Å². The van der Waals surface area contributed by atoms with E-state index in [0.29, 0.717) is 11.0 Å². The van der Waals surface area contributed by atoms with Gasteiger partial charge in [0.05, 0.1) is 12.0 Å². The second-order valence-electron chi connectivity index (χ2n) is 5.12. The number of rotatable bonds is 3. The Morgan fingerprint density at radius 2 is 2.00 bits per heavy atom. The molecule has 0 saturated carbocycles. The zero-order chi connectivity index (χ0) is 16.4. The van der Waals surface area contributed by atoms with Gasteiger partial charge in [-0.05, 0) is 37.6 Å². The van der Waals surface area contributed by atoms with E-state index in [4.69, 9.17) is 4.74 Å². The van der Waals surface area contributed by atoms with E-state index < -0.39 is 5.97 Å². The maximum atomic E-state index is 12.6. The van der Waals surface area contributed by atoms with Crippen LogP contribution in [-0.2, 0) is 4.74 Å². The summed E-state index contributed by atoms with van der Waals surface area (Å²) >= 11 is 0. The lowest BCUT2D eigenvalue weighted by atomic mass is 10.1. The van der Waals surface area contributed by atoms with Crippen LogP contribution in [0.5, 0.6) is 0 Å². The van der Waals surface area contributed by atoms with Crippen LogP contribution < -0.4 is 5.43 Å². The first-order valence-electron chi connectivity index (χ1n) is 7.37. The molecule has 0 bridgehead atoms. The molecule has 0 atom stereocenters. The predicted octanol–water partition coefficient (Wildman–Crippen LogP) is 2.87. The fraction of sp³-hybridized carbons (Fsp3) is 0.167. The van der Waals surface area contributed by atoms with Crippen molar-refractivity contribution in [1.29, 1.82) is 0 Å². The molecular weight excluding hydrogens is 292 g/mol. The van der Waals surface area contributed by atoms with E-state index in [2.05, 4.69) is 4.98 Å². The van der Waals surface area contributed by atoms with E-state index >= 15 is 0 Å². The topological polar surface area (TPSA) is 61.2 Å². The molecule has 5 nitrogen and oxygen atoms in total. The largest absolute Gasteiger partial charge is 0.462 e. The highest BCUT2D eigenvalue weighted by atomic mass is 16.5. The number of hydrogen-bond acceptors (Lipinski definition) is 4. The van der Waals surface area contributed by atoms with E-state index in [1.807, 2.05) is 31.2 Å². The van der Waals surface area contributed by atoms with Crippen LogP contribution >= 0.6 is 0 Å². The number of carbonyl (C=O) groups is 1. The summed E-state index contributed by atoms with van der Waals surface area (Å²) in [5, 5.41) is 0.390. The SMILES string of the molecule is CCOC(=O)c1cn(-c2ccccc2C)c2ncccc2c1=O. The maximum absolute atomic E-state index is 12.6. The molecule has 5 heteroatoms. The van der Waals surface area contributed by atoms with Gasteiger partial charge < -0.3 is 4.74 Å². The Labute approximate surface area is 133 Å². The molecular formula is C18H16N2O3. The van der Waals surface area contributed by atoms with Crippen molar-refractivity contribution < 1.29 is 9.53 Å². The van der Waals surface area contributed by atoms with Gasteiger partial charge in [0, 0.05) is 18.1 Å². The normalized spacial score (nSPS) is 10.7. The monoisotopic (exact) mass is 308 g/mol. The highest BCUT2D eigenvalue weighted by Crippen LogP contribution is 2.19. The molecule has 0 N–H and O–H groups in total. The number of ether oxygens (including phenoxy) is 1. The van der Waals surface area contributed by atoms with Gasteiger partial charge >= 0.3 is 5.97 Å². The molecule has 0 fully saturated rings. The lowest BCUT2D eigenvalue weighted by Crippen LogP contribution is -2.21. The summed E-state index contributed by atoms with van der Waals surface area (Å²) in [7, 11) is 0. The van der Waals surface area contributed by atoms with Crippen molar-refractivity contribution in [3.8, 4) is 5.69 Å². The van der Waals surface area contributed by atoms with Gasteiger partial charge in [0.1, 0.15) is 11.2 Å². The lowest BCUT2D eigenvalue weighted by molar-refractivity contribution is 0.0524. The van der Waals surface area contributed by atoms with Crippen LogP contribution in [0.15, 0.2) is 53.6 Å². The van der Waals surface area contributed by atoms with E-state index in [1.165, 1.54) is 6.20 Å². The van der Waals surface area contributed by atoms with Crippen molar-refractivity contribution in [3.05, 3.63) is 70.1 Å². The van der Waals surface area contributed by atoms with Crippen LogP contribution in [0.2, 0.25) is 0 Å². The second-order valence-corrected chi connectivity index (χ2v) is 5.12. The molecule has 3 aromatic rings. The van der Waals surface area contributed by atoms with Crippen molar-refractivity contribution in [2.75, 3.05) is 6.61 Å². The molecule has 0 saturated heterocycles. The van der Waals surface area contributed by atoms with Crippen molar-refractivity contribution in [1.82, 2.24) is 9.55 Å². The summed E-state index contributed by atoms with van der Waals surface area (Å²) in [6, 6.07) is 11.1. The number of fused-ring (bicyclic) bond motifs is 1. The molecule has 0 aliphatic rings. The molecule has 3 rings (SSSR count). The maximum Gasteiger partial charge on any atom is 0.343 e. The molecule has 0 spiro atoms. The first-order valence-corrected chi connectivity index (χ1v) is 7.37. The fourth-order valence-electron chi connectivity index (χ4n) is 2.53. The van der Waals surface area contributed by atoms with Crippen LogP contribution in [0.3, 0.4) is 0 Å².